The average molecular weight is 1700 g/mol. The first-order valence-electron chi connectivity index (χ1n) is 37.8. The van der Waals surface area contributed by atoms with E-state index in [4.69, 9.17) is 32.1 Å². The average Bonchev–Trinajstić information content (AvgIpc) is 1.59. The maximum atomic E-state index is 14.4. The van der Waals surface area contributed by atoms with E-state index in [1.165, 1.54) is 12.1 Å². The summed E-state index contributed by atoms with van der Waals surface area (Å²) >= 11 is 0. The monoisotopic (exact) mass is 1690 g/mol. The van der Waals surface area contributed by atoms with Crippen molar-refractivity contribution in [3.63, 3.8) is 0 Å². The number of nitrogens with one attached hydrogen (secondary N) is 3. The molecule has 116 heavy (non-hydrogen) atoms. The molecule has 7 rings (SSSR count). The molecule has 0 spiro atoms. The number of carbonyl (C=O) groups excluding carboxylic acids is 6. The summed E-state index contributed by atoms with van der Waals surface area (Å²) < 4.78 is 139. The molecular weight excluding hydrogens is 1590 g/mol. The summed E-state index contributed by atoms with van der Waals surface area (Å²) in [4.78, 5) is 107. The van der Waals surface area contributed by atoms with Gasteiger partial charge in [-0.2, -0.15) is 31.0 Å². The van der Waals surface area contributed by atoms with Gasteiger partial charge in [0.25, 0.3) is 20.2 Å². The van der Waals surface area contributed by atoms with E-state index in [1.54, 1.807) is 30.3 Å². The standard InChI is InChI=1S/C79H105N7O20S3.CO2.O3S/c1-78(2)64-26-12-13-27-68(64)83(43-14-16-49-107(97,98)99)70(78)39-31-57-23-18-24-58(32-40-71-79(3,4)65-54-63(109(103,104)105)36-38-69(65)84(71)44-15-17-50-108(100,101)102)73(57)106-62-34-29-56(30-35-62)52-67(76(94)95)81-74(91)59(51-55-21-10-9-11-22-55)53-61(88)41-46-86(7,8)48-47-85(5,6)45-20-25-60(87)33-37-66(75(92)93)82-77(96)80-42-19-28-72(89)90;2-1-3;1-4(2)3/h9-13,21-22,26-27,29-32,34-36,38-40,54,59,66-67H,14-20,23-25,28,33,37,41-53H2,1-8H3,(H6-3,80,81,82,89,90,91,92,93,94,95,96,97,98,99,100,101,102,103,104,105);;/p+2/t59-,66+,67+;;/m1../s1. The van der Waals surface area contributed by atoms with E-state index in [1.807, 2.05) is 126 Å². The fourth-order valence-corrected chi connectivity index (χ4v) is 15.7. The van der Waals surface area contributed by atoms with Crippen molar-refractivity contribution >= 4 is 106 Å². The molecule has 0 unspecified atom stereocenters. The van der Waals surface area contributed by atoms with Gasteiger partial charge in [-0.1, -0.05) is 80.6 Å². The molecule has 3 aliphatic rings. The molecule has 634 valence electrons. The zero-order valence-corrected chi connectivity index (χ0v) is 69.8. The number of nitrogens with zero attached hydrogens (tertiary/aromatic N) is 4. The van der Waals surface area contributed by atoms with Gasteiger partial charge >= 0.3 is 40.7 Å². The molecule has 2 aliphatic heterocycles. The van der Waals surface area contributed by atoms with Crippen LogP contribution in [0.2, 0.25) is 0 Å². The minimum absolute atomic E-state index is 0.0414. The fourth-order valence-electron chi connectivity index (χ4n) is 14.1. The van der Waals surface area contributed by atoms with Crippen molar-refractivity contribution in [2.75, 3.05) is 90.4 Å². The number of carboxylic acid groups (broad SMARTS) is 3. The number of benzene rings is 4. The van der Waals surface area contributed by atoms with E-state index in [0.717, 1.165) is 39.4 Å². The molecule has 8 N–H and O–H groups in total. The SMILES string of the molecule is CC1(C)C(/C=C/C2=C(Oc3ccc(C[C@H](NC(=O)[C@@H](CC(=O)CC[N+](C)(C)CC[N+](C)(C)CCCC(=O)CC[C@H](NC(=O)NCCCC(=O)O)C(=O)O)Cc4ccccc4)C(=O)O)cc3)C(=C/C=C3/N(CCCCS(=O)(=O)O)c4ccc(S(=O)(=O)O)cc4C3(C)C)/CCC2)=[N+](CCCCS(=O)(=O)[O-])c2ccccc21.O=C=O.O=S(=O)=O. The molecule has 3 amide bonds. The van der Waals surface area contributed by atoms with Gasteiger partial charge in [0.2, 0.25) is 11.6 Å². The number of ether oxygens (including phenoxy) is 1. The number of likely N-dealkylation sites (N-methyl/N-ethyl adjacent to an activating group) is 2. The highest BCUT2D eigenvalue weighted by molar-refractivity contribution is 7.86. The number of ketones is 2. The first kappa shape index (κ1) is 96.8. The van der Waals surface area contributed by atoms with E-state index >= 15 is 0 Å². The van der Waals surface area contributed by atoms with Crippen molar-refractivity contribution in [1.82, 2.24) is 16.0 Å². The Morgan fingerprint density at radius 1 is 0.655 bits per heavy atom. The lowest BCUT2D eigenvalue weighted by Gasteiger charge is -2.35. The van der Waals surface area contributed by atoms with Gasteiger partial charge in [-0.3, -0.25) is 28.3 Å². The van der Waals surface area contributed by atoms with E-state index in [0.29, 0.717) is 109 Å². The summed E-state index contributed by atoms with van der Waals surface area (Å²) in [6.07, 6.45) is 11.5. The molecule has 2 heterocycles. The third-order valence-corrected chi connectivity index (χ3v) is 22.9. The molecule has 4 aromatic rings. The van der Waals surface area contributed by atoms with Crippen LogP contribution in [0.1, 0.15) is 146 Å². The first-order chi connectivity index (χ1) is 54.2. The second kappa shape index (κ2) is 44.0. The Bertz CT molecular complexity index is 4850. The lowest BCUT2D eigenvalue weighted by molar-refractivity contribution is -0.945. The number of rotatable bonds is 44. The number of fused-ring (bicyclic) bond motifs is 2. The number of para-hydroxylation sites is 1. The number of amides is 3. The Morgan fingerprint density at radius 3 is 1.88 bits per heavy atom. The van der Waals surface area contributed by atoms with Gasteiger partial charge in [0.1, 0.15) is 54.8 Å². The van der Waals surface area contributed by atoms with Crippen LogP contribution in [0.5, 0.6) is 5.75 Å². The maximum absolute atomic E-state index is 14.4. The van der Waals surface area contributed by atoms with Crippen LogP contribution in [0, 0.1) is 5.92 Å². The minimum Gasteiger partial charge on any atom is -0.748 e. The lowest BCUT2D eigenvalue weighted by Crippen LogP contribution is -2.51. The number of urea groups is 1. The predicted octanol–water partition coefficient (Wildman–Crippen LogP) is 7.62. The van der Waals surface area contributed by atoms with Gasteiger partial charge in [-0.25, -0.2) is 22.8 Å². The lowest BCUT2D eigenvalue weighted by atomic mass is 9.81. The van der Waals surface area contributed by atoms with Crippen molar-refractivity contribution in [3.05, 3.63) is 166 Å². The number of aliphatic carboxylic acids is 3. The van der Waals surface area contributed by atoms with Gasteiger partial charge < -0.3 is 54.4 Å². The van der Waals surface area contributed by atoms with Crippen LogP contribution in [0.25, 0.3) is 0 Å². The topological polar surface area (TPSA) is 483 Å². The molecular formula is C80H107N7O25S4+2. The van der Waals surface area contributed by atoms with Crippen molar-refractivity contribution in [3.8, 4) is 5.75 Å². The summed E-state index contributed by atoms with van der Waals surface area (Å²) in [6.45, 7) is 11.2. The Kier molecular flexibility index (Phi) is 36.7. The number of unbranched alkanes of at least 4 members (excludes halogenated alkanes) is 2. The highest BCUT2D eigenvalue weighted by Crippen LogP contribution is 2.49. The number of carbonyl (C=O) groups is 7. The summed E-state index contributed by atoms with van der Waals surface area (Å²) in [6, 6.07) is 24.8. The fraction of sp³-hybridized carbons (Fsp3) is 0.487. The molecule has 0 fully saturated rings. The van der Waals surface area contributed by atoms with Crippen LogP contribution in [-0.4, -0.2) is 231 Å². The second-order valence-electron chi connectivity index (χ2n) is 31.1. The van der Waals surface area contributed by atoms with Crippen molar-refractivity contribution in [2.45, 2.75) is 165 Å². The third kappa shape index (κ3) is 32.0. The molecule has 36 heteroatoms. The Balaban J connectivity index is 0.00000329. The number of quaternary nitrogens is 2. The van der Waals surface area contributed by atoms with Crippen LogP contribution in [0.3, 0.4) is 0 Å². The quantitative estimate of drug-likeness (QED) is 0.00913. The summed E-state index contributed by atoms with van der Waals surface area (Å²) in [7, 11) is -8.35. The van der Waals surface area contributed by atoms with Gasteiger partial charge in [0, 0.05) is 104 Å². The molecule has 0 radical (unpaired) electrons. The van der Waals surface area contributed by atoms with E-state index < -0.39 is 111 Å². The number of anilines is 1. The van der Waals surface area contributed by atoms with Crippen LogP contribution < -0.4 is 25.6 Å². The van der Waals surface area contributed by atoms with Crippen molar-refractivity contribution in [2.24, 2.45) is 5.92 Å². The van der Waals surface area contributed by atoms with E-state index in [-0.39, 0.29) is 106 Å². The highest BCUT2D eigenvalue weighted by atomic mass is 32.2. The number of carboxylic acids is 3. The molecule has 32 nitrogen and oxygen atoms in total. The summed E-state index contributed by atoms with van der Waals surface area (Å²) in [5.74, 6) is -5.52. The van der Waals surface area contributed by atoms with Crippen molar-refractivity contribution < 1.29 is 128 Å². The largest absolute Gasteiger partial charge is 0.748 e. The molecule has 0 saturated carbocycles. The number of allylic oxidation sites excluding steroid dienone is 7. The molecule has 0 aromatic heterocycles. The first-order valence-corrected chi connectivity index (χ1v) is 43.4. The van der Waals surface area contributed by atoms with Crippen LogP contribution in [0.15, 0.2) is 149 Å². The second-order valence-corrected chi connectivity index (χ2v) is 36.0. The van der Waals surface area contributed by atoms with Gasteiger partial charge in [-0.15, -0.1) is 12.6 Å². The third-order valence-electron chi connectivity index (χ3n) is 20.4. The molecule has 3 atom stereocenters. The Labute approximate surface area is 679 Å². The van der Waals surface area contributed by atoms with Crippen molar-refractivity contribution in [1.29, 1.82) is 0 Å². The smallest absolute Gasteiger partial charge is 0.425 e. The van der Waals surface area contributed by atoms with Crippen LogP contribution >= 0.6 is 0 Å². The number of hydrogen-bond acceptors (Lipinski definition) is 21. The van der Waals surface area contributed by atoms with Gasteiger partial charge in [-0.05, 0) is 142 Å². The van der Waals surface area contributed by atoms with Crippen LogP contribution in [0.4, 0.5) is 16.2 Å². The summed E-state index contributed by atoms with van der Waals surface area (Å²) in [5, 5.41) is 36.6. The number of hydrogen-bond donors (Lipinski definition) is 8. The zero-order valence-electron chi connectivity index (χ0n) is 66.5. The predicted molar refractivity (Wildman–Crippen MR) is 426 cm³/mol. The van der Waals surface area contributed by atoms with Gasteiger partial charge in [0.05, 0.1) is 73.9 Å². The molecule has 4 aromatic carbocycles. The summed E-state index contributed by atoms with van der Waals surface area (Å²) in [5.41, 5.74) is 6.37. The van der Waals surface area contributed by atoms with E-state index in [9.17, 15) is 82.7 Å². The Hall–Kier alpha value is -9.75. The number of Topliss-reactive ketones (excluding diaryl/α,β-unsaturated/α-hetero) is 2. The minimum atomic E-state index is -4.61. The Morgan fingerprint density at radius 2 is 1.27 bits per heavy atom. The zero-order chi connectivity index (χ0) is 86.6. The highest BCUT2D eigenvalue weighted by Gasteiger charge is 2.45. The molecule has 0 saturated heterocycles. The molecule has 1 aliphatic carbocycles. The molecule has 0 bridgehead atoms. The van der Waals surface area contributed by atoms with Gasteiger partial charge in [0.15, 0.2) is 5.71 Å². The van der Waals surface area contributed by atoms with E-state index in [2.05, 4.69) is 34.4 Å². The maximum Gasteiger partial charge on any atom is 0.425 e. The van der Waals surface area contributed by atoms with Crippen LogP contribution in [-0.2, 0) is 103 Å². The normalized spacial score (nSPS) is 16.0.